The number of aliphatic hydroxyl groups excluding tert-OH is 2. The number of carbonyl (C=O) groups excluding carboxylic acids is 6. The molecule has 6 amide bonds. The normalized spacial score (nSPS) is 22.0. The molecule has 5 atom stereocenters. The molecule has 2 saturated heterocycles. The number of piperidine rings is 1. The van der Waals surface area contributed by atoms with Crippen LogP contribution < -0.4 is 16.0 Å². The van der Waals surface area contributed by atoms with Crippen LogP contribution >= 0.6 is 0 Å². The van der Waals surface area contributed by atoms with Crippen molar-refractivity contribution in [2.24, 2.45) is 0 Å². The lowest BCUT2D eigenvalue weighted by atomic mass is 9.94. The highest BCUT2D eigenvalue weighted by molar-refractivity contribution is 6.06. The molecule has 3 aliphatic heterocycles. The van der Waals surface area contributed by atoms with Crippen LogP contribution in [-0.2, 0) is 47.3 Å². The molecule has 7 rings (SSSR count). The molecule has 19 heteroatoms. The minimum atomic E-state index is -4.80. The fraction of sp³-hybridized carbons (Fsp3) is 0.478. The van der Waals surface area contributed by atoms with Crippen LogP contribution in [0, 0.1) is 5.82 Å². The molecule has 0 bridgehead atoms. The molecular weight excluding hydrogens is 857 g/mol. The number of ether oxygens (including phenoxy) is 1. The molecule has 0 aromatic heterocycles. The first kappa shape index (κ1) is 47.1. The van der Waals surface area contributed by atoms with Crippen LogP contribution in [0.4, 0.5) is 28.9 Å². The SMILES string of the molecule is C[C@H](N(Cc1ccc(F)cc1)C(=O)CN1C(=O)[C@]2(CCc3cc(NC(=O)CCCCCCCCCNc4ccc5c(c4)C(O)N(C4CCC(=O)NC4=O)C5=O)ccc32)OC1O)C(F)(F)F. The molecule has 3 aromatic rings. The summed E-state index contributed by atoms with van der Waals surface area (Å²) in [5.74, 6) is -4.08. The third-order valence-electron chi connectivity index (χ3n) is 12.6. The average molecular weight is 909 g/mol. The van der Waals surface area contributed by atoms with Gasteiger partial charge in [-0.1, -0.05) is 50.3 Å². The summed E-state index contributed by atoms with van der Waals surface area (Å²) in [6.45, 7) is 0.0807. The summed E-state index contributed by atoms with van der Waals surface area (Å²) in [6, 6.07) is 11.5. The van der Waals surface area contributed by atoms with Crippen LogP contribution in [0.15, 0.2) is 60.7 Å². The van der Waals surface area contributed by atoms with Gasteiger partial charge in [0.15, 0.2) is 11.8 Å². The van der Waals surface area contributed by atoms with Gasteiger partial charge in [0.25, 0.3) is 11.8 Å². The minimum Gasteiger partial charge on any atom is -0.385 e. The molecule has 3 unspecified atom stereocenters. The van der Waals surface area contributed by atoms with E-state index in [0.717, 1.165) is 68.2 Å². The Labute approximate surface area is 372 Å². The van der Waals surface area contributed by atoms with Gasteiger partial charge >= 0.3 is 6.18 Å². The van der Waals surface area contributed by atoms with Gasteiger partial charge in [0.2, 0.25) is 30.0 Å². The zero-order valence-electron chi connectivity index (χ0n) is 35.8. The molecule has 2 fully saturated rings. The standard InChI is InChI=1S/C46H52F4N6O9/c1-27(46(48,49)50)54(25-28-10-12-30(47)13-11-28)39(59)26-55-43(63)45(65-44(55)64)21-20-29-23-32(15-17-35(29)45)52-37(57)9-7-5-3-2-4-6-8-22-51-31-14-16-33-34(24-31)42(62)56(41(33)61)36-18-19-38(58)53-40(36)60/h10-17,23-24,27,36,42,44,51,62,64H,2-9,18-22,25-26H2,1H3,(H,52,57)(H,53,58,60)/t27-,36?,42?,44?,45+/m0/s1. The number of nitrogens with zero attached hydrogens (tertiary/aromatic N) is 3. The number of amides is 6. The Morgan fingerprint density at radius 1 is 0.923 bits per heavy atom. The average Bonchev–Trinajstić information content (AvgIpc) is 3.83. The van der Waals surface area contributed by atoms with Gasteiger partial charge in [0.05, 0.1) is 0 Å². The van der Waals surface area contributed by atoms with Crippen molar-refractivity contribution >= 4 is 46.8 Å². The lowest BCUT2D eigenvalue weighted by molar-refractivity contribution is -0.194. The Morgan fingerprint density at radius 3 is 2.32 bits per heavy atom. The molecule has 0 saturated carbocycles. The van der Waals surface area contributed by atoms with Crippen molar-refractivity contribution in [3.05, 3.63) is 94.3 Å². The number of hydrogen-bond donors (Lipinski definition) is 5. The van der Waals surface area contributed by atoms with E-state index in [1.165, 1.54) is 12.1 Å². The zero-order valence-corrected chi connectivity index (χ0v) is 35.8. The van der Waals surface area contributed by atoms with Crippen molar-refractivity contribution in [2.45, 2.75) is 127 Å². The summed E-state index contributed by atoms with van der Waals surface area (Å²) in [5, 5.41) is 30.1. The lowest BCUT2D eigenvalue weighted by Gasteiger charge is -2.32. The van der Waals surface area contributed by atoms with Crippen molar-refractivity contribution in [3.8, 4) is 0 Å². The van der Waals surface area contributed by atoms with Crippen molar-refractivity contribution in [1.29, 1.82) is 0 Å². The Bertz CT molecular complexity index is 2310. The van der Waals surface area contributed by atoms with E-state index in [0.29, 0.717) is 63.5 Å². The van der Waals surface area contributed by atoms with Crippen LogP contribution in [0.3, 0.4) is 0 Å². The van der Waals surface area contributed by atoms with E-state index in [2.05, 4.69) is 16.0 Å². The molecule has 3 heterocycles. The maximum Gasteiger partial charge on any atom is 0.408 e. The summed E-state index contributed by atoms with van der Waals surface area (Å²) in [6.07, 6.45) is -0.606. The van der Waals surface area contributed by atoms with E-state index in [1.807, 2.05) is 0 Å². The van der Waals surface area contributed by atoms with E-state index in [4.69, 9.17) is 4.74 Å². The van der Waals surface area contributed by atoms with E-state index in [-0.39, 0.29) is 30.7 Å². The summed E-state index contributed by atoms with van der Waals surface area (Å²) in [4.78, 5) is 79.2. The number of aryl methyl sites for hydroxylation is 1. The molecular formula is C46H52F4N6O9. The third kappa shape index (κ3) is 10.3. The number of halogens is 4. The van der Waals surface area contributed by atoms with Crippen LogP contribution in [0.5, 0.6) is 0 Å². The highest BCUT2D eigenvalue weighted by Crippen LogP contribution is 2.47. The fourth-order valence-corrected chi connectivity index (χ4v) is 8.97. The number of anilines is 2. The molecule has 3 aromatic carbocycles. The molecule has 5 N–H and O–H groups in total. The maximum atomic E-state index is 13.8. The number of aliphatic hydroxyl groups is 2. The number of alkyl halides is 3. The van der Waals surface area contributed by atoms with Gasteiger partial charge in [-0.05, 0) is 98.2 Å². The maximum absolute atomic E-state index is 13.8. The first-order valence-corrected chi connectivity index (χ1v) is 21.9. The number of hydrogen-bond acceptors (Lipinski definition) is 10. The summed E-state index contributed by atoms with van der Waals surface area (Å²) in [5.41, 5.74) is 1.67. The topological polar surface area (TPSA) is 198 Å². The number of unbranched alkanes of at least 4 members (excludes halogenated alkanes) is 6. The van der Waals surface area contributed by atoms with Crippen molar-refractivity contribution in [2.75, 3.05) is 23.7 Å². The van der Waals surface area contributed by atoms with Gasteiger partial charge in [0, 0.05) is 48.4 Å². The second kappa shape index (κ2) is 19.7. The van der Waals surface area contributed by atoms with Crippen LogP contribution in [0.25, 0.3) is 0 Å². The van der Waals surface area contributed by atoms with Crippen LogP contribution in [0.2, 0.25) is 0 Å². The number of benzene rings is 3. The number of nitrogens with one attached hydrogen (secondary N) is 3. The second-order valence-electron chi connectivity index (χ2n) is 17.0. The van der Waals surface area contributed by atoms with E-state index in [1.54, 1.807) is 36.4 Å². The van der Waals surface area contributed by atoms with E-state index >= 15 is 0 Å². The number of fused-ring (bicyclic) bond motifs is 3. The van der Waals surface area contributed by atoms with Gasteiger partial charge in [-0.2, -0.15) is 13.2 Å². The van der Waals surface area contributed by atoms with Crippen molar-refractivity contribution < 1.29 is 61.3 Å². The molecule has 1 aliphatic carbocycles. The minimum absolute atomic E-state index is 0.0936. The summed E-state index contributed by atoms with van der Waals surface area (Å²) >= 11 is 0. The zero-order chi connectivity index (χ0) is 46.6. The monoisotopic (exact) mass is 908 g/mol. The van der Waals surface area contributed by atoms with Gasteiger partial charge in [-0.15, -0.1) is 0 Å². The Morgan fingerprint density at radius 2 is 1.62 bits per heavy atom. The van der Waals surface area contributed by atoms with Crippen molar-refractivity contribution in [1.82, 2.24) is 20.0 Å². The highest BCUT2D eigenvalue weighted by Gasteiger charge is 2.57. The number of imide groups is 1. The van der Waals surface area contributed by atoms with Crippen LogP contribution in [-0.4, -0.2) is 98.1 Å². The van der Waals surface area contributed by atoms with E-state index in [9.17, 15) is 56.5 Å². The first-order chi connectivity index (χ1) is 31.0. The summed E-state index contributed by atoms with van der Waals surface area (Å²) < 4.78 is 60.7. The fourth-order valence-electron chi connectivity index (χ4n) is 8.97. The van der Waals surface area contributed by atoms with Crippen molar-refractivity contribution in [3.63, 3.8) is 0 Å². The smallest absolute Gasteiger partial charge is 0.385 e. The van der Waals surface area contributed by atoms with Crippen LogP contribution in [0.1, 0.15) is 116 Å². The predicted molar refractivity (Wildman–Crippen MR) is 226 cm³/mol. The predicted octanol–water partition coefficient (Wildman–Crippen LogP) is 5.50. The second-order valence-corrected chi connectivity index (χ2v) is 17.0. The Balaban J connectivity index is 0.805. The molecule has 1 spiro atoms. The van der Waals surface area contributed by atoms with Gasteiger partial charge < -0.3 is 30.5 Å². The summed E-state index contributed by atoms with van der Waals surface area (Å²) in [7, 11) is 0. The largest absolute Gasteiger partial charge is 0.408 e. The number of carbonyl (C=O) groups is 6. The quantitative estimate of drug-likeness (QED) is 0.0617. The van der Waals surface area contributed by atoms with Gasteiger partial charge in [0.1, 0.15) is 24.4 Å². The third-order valence-corrected chi connectivity index (χ3v) is 12.6. The molecule has 0 radical (unpaired) electrons. The van der Waals surface area contributed by atoms with Gasteiger partial charge in [-0.25, -0.2) is 4.39 Å². The highest BCUT2D eigenvalue weighted by atomic mass is 19.4. The Hall–Kier alpha value is -5.92. The Kier molecular flexibility index (Phi) is 14.2. The molecule has 65 heavy (non-hydrogen) atoms. The first-order valence-electron chi connectivity index (χ1n) is 21.9. The van der Waals surface area contributed by atoms with Gasteiger partial charge in [-0.3, -0.25) is 43.9 Å². The van der Waals surface area contributed by atoms with E-state index < -0.39 is 84.9 Å². The number of rotatable bonds is 18. The molecule has 4 aliphatic rings. The molecule has 348 valence electrons. The lowest BCUT2D eigenvalue weighted by Crippen LogP contribution is -2.53. The molecule has 15 nitrogen and oxygen atoms in total.